The highest BCUT2D eigenvalue weighted by molar-refractivity contribution is 5.71. The van der Waals surface area contributed by atoms with Crippen molar-refractivity contribution in [2.45, 2.75) is 322 Å². The normalized spacial score (nSPS) is 12.7. The van der Waals surface area contributed by atoms with Gasteiger partial charge >= 0.3 is 17.9 Å². The van der Waals surface area contributed by atoms with Crippen molar-refractivity contribution < 1.29 is 28.6 Å². The maximum Gasteiger partial charge on any atom is 0.306 e. The fraction of sp³-hybridized carbons (Fsp3) is 0.732. The molecule has 0 saturated heterocycles. The van der Waals surface area contributed by atoms with E-state index in [1.54, 1.807) is 0 Å². The monoisotopic (exact) mass is 1070 g/mol. The van der Waals surface area contributed by atoms with E-state index >= 15 is 0 Å². The van der Waals surface area contributed by atoms with Gasteiger partial charge in [-0.2, -0.15) is 0 Å². The van der Waals surface area contributed by atoms with E-state index in [0.29, 0.717) is 19.3 Å². The Hall–Kier alpha value is -3.67. The van der Waals surface area contributed by atoms with Gasteiger partial charge in [0.1, 0.15) is 13.2 Å². The fourth-order valence-electron chi connectivity index (χ4n) is 9.18. The van der Waals surface area contributed by atoms with E-state index in [2.05, 4.69) is 118 Å². The summed E-state index contributed by atoms with van der Waals surface area (Å²) in [6.45, 7) is 6.53. The predicted molar refractivity (Wildman–Crippen MR) is 334 cm³/mol. The topological polar surface area (TPSA) is 78.9 Å². The van der Waals surface area contributed by atoms with Crippen molar-refractivity contribution in [3.8, 4) is 0 Å². The van der Waals surface area contributed by atoms with Crippen LogP contribution in [0.5, 0.6) is 0 Å². The smallest absolute Gasteiger partial charge is 0.306 e. The van der Waals surface area contributed by atoms with Crippen molar-refractivity contribution in [2.24, 2.45) is 0 Å². The summed E-state index contributed by atoms with van der Waals surface area (Å²) >= 11 is 0. The highest BCUT2D eigenvalue weighted by Crippen LogP contribution is 2.16. The van der Waals surface area contributed by atoms with Crippen LogP contribution in [-0.2, 0) is 28.6 Å². The van der Waals surface area contributed by atoms with E-state index in [9.17, 15) is 14.4 Å². The van der Waals surface area contributed by atoms with Gasteiger partial charge in [0.25, 0.3) is 0 Å². The highest BCUT2D eigenvalue weighted by Gasteiger charge is 2.19. The van der Waals surface area contributed by atoms with Crippen LogP contribution in [-0.4, -0.2) is 37.2 Å². The lowest BCUT2D eigenvalue weighted by molar-refractivity contribution is -0.167. The average Bonchev–Trinajstić information content (AvgIpc) is 3.43. The number of hydrogen-bond acceptors (Lipinski definition) is 6. The van der Waals surface area contributed by atoms with Crippen LogP contribution in [0.25, 0.3) is 0 Å². The Balaban J connectivity index is 4.29. The van der Waals surface area contributed by atoms with E-state index in [4.69, 9.17) is 14.2 Å². The number of allylic oxidation sites excluding steroid dienone is 16. The molecule has 0 saturated carbocycles. The van der Waals surface area contributed by atoms with Crippen LogP contribution < -0.4 is 0 Å². The van der Waals surface area contributed by atoms with Gasteiger partial charge < -0.3 is 14.2 Å². The molecule has 0 aromatic carbocycles. The van der Waals surface area contributed by atoms with Crippen molar-refractivity contribution in [3.63, 3.8) is 0 Å². The summed E-state index contributed by atoms with van der Waals surface area (Å²) in [6, 6.07) is 0. The zero-order valence-corrected chi connectivity index (χ0v) is 50.7. The molecule has 0 spiro atoms. The van der Waals surface area contributed by atoms with Gasteiger partial charge in [-0.15, -0.1) is 0 Å². The number of carbonyl (C=O) groups excluding carboxylic acids is 3. The van der Waals surface area contributed by atoms with Crippen molar-refractivity contribution in [1.82, 2.24) is 0 Å². The third-order valence-electron chi connectivity index (χ3n) is 14.1. The molecule has 0 aliphatic carbocycles. The third-order valence-corrected chi connectivity index (χ3v) is 14.1. The SMILES string of the molecule is CC/C=C\C/C=C\C/C=C\C/C=C\C/C=C\C/C=C\C/C=C\CCCCCCCCCC(=O)OCC(COC(=O)CCCCCCCCCCCCC)OC(=O)CCCCCCCCCCC/C=C\CCCCCCCC. The van der Waals surface area contributed by atoms with Crippen LogP contribution in [0.3, 0.4) is 0 Å². The molecular weight excluding hydrogens is 949 g/mol. The number of ether oxygens (including phenoxy) is 3. The van der Waals surface area contributed by atoms with Gasteiger partial charge in [0.2, 0.25) is 0 Å². The van der Waals surface area contributed by atoms with Crippen LogP contribution in [0.15, 0.2) is 97.2 Å². The molecule has 1 unspecified atom stereocenters. The van der Waals surface area contributed by atoms with Gasteiger partial charge in [-0.1, -0.05) is 291 Å². The molecule has 0 amide bonds. The lowest BCUT2D eigenvalue weighted by Gasteiger charge is -2.18. The van der Waals surface area contributed by atoms with E-state index in [0.717, 1.165) is 109 Å². The summed E-state index contributed by atoms with van der Waals surface area (Å²) in [4.78, 5) is 38.3. The van der Waals surface area contributed by atoms with Gasteiger partial charge in [0, 0.05) is 19.3 Å². The second-order valence-corrected chi connectivity index (χ2v) is 21.6. The number of hydrogen-bond donors (Lipinski definition) is 0. The van der Waals surface area contributed by atoms with Gasteiger partial charge in [0.15, 0.2) is 6.10 Å². The molecule has 0 rings (SSSR count). The molecule has 0 heterocycles. The first kappa shape index (κ1) is 73.3. The number of carbonyl (C=O) groups is 3. The number of unbranched alkanes of at least 4 members (excludes halogenated alkanes) is 32. The summed E-state index contributed by atoms with van der Waals surface area (Å²) < 4.78 is 16.9. The van der Waals surface area contributed by atoms with Gasteiger partial charge in [-0.3, -0.25) is 14.4 Å². The molecule has 6 heteroatoms. The largest absolute Gasteiger partial charge is 0.462 e. The molecule has 0 bridgehead atoms. The van der Waals surface area contributed by atoms with Crippen LogP contribution in [0, 0.1) is 0 Å². The van der Waals surface area contributed by atoms with Crippen molar-refractivity contribution in [3.05, 3.63) is 97.2 Å². The standard InChI is InChI=1S/C71H122O6/c1-4-7-10-13-16-19-22-24-26-28-30-31-32-33-34-35-36-37-38-39-41-42-44-46-49-52-55-58-61-64-70(73)76-67-68(66-75-69(72)63-60-57-54-51-48-21-18-15-12-9-6-3)77-71(74)65-62-59-56-53-50-47-45-43-40-29-27-25-23-20-17-14-11-8-5-2/h7,10,16,19,24-27,30-31,33-34,36-37,39,41,68H,4-6,8-9,11-15,17-18,20-23,28-29,32,35,38,40,42-67H2,1-3H3/b10-7-,19-16-,26-24-,27-25-,31-30-,34-33-,37-36-,41-39-. The molecule has 0 N–H and O–H groups in total. The molecule has 0 aromatic rings. The van der Waals surface area contributed by atoms with Gasteiger partial charge in [-0.25, -0.2) is 0 Å². The average molecular weight is 1070 g/mol. The van der Waals surface area contributed by atoms with Crippen molar-refractivity contribution in [2.75, 3.05) is 13.2 Å². The molecule has 0 aromatic heterocycles. The molecule has 442 valence electrons. The Bertz CT molecular complexity index is 1510. The summed E-state index contributed by atoms with van der Waals surface area (Å²) in [5.74, 6) is -0.882. The lowest BCUT2D eigenvalue weighted by atomic mass is 10.1. The maximum atomic E-state index is 12.9. The molecule has 0 radical (unpaired) electrons. The minimum Gasteiger partial charge on any atom is -0.462 e. The molecular formula is C71H122O6. The zero-order chi connectivity index (χ0) is 55.7. The zero-order valence-electron chi connectivity index (χ0n) is 50.7. The minimum absolute atomic E-state index is 0.0787. The van der Waals surface area contributed by atoms with Crippen LogP contribution in [0.1, 0.15) is 316 Å². The summed E-state index contributed by atoms with van der Waals surface area (Å²) in [5, 5.41) is 0. The highest BCUT2D eigenvalue weighted by atomic mass is 16.6. The first-order valence-corrected chi connectivity index (χ1v) is 32.7. The van der Waals surface area contributed by atoms with E-state index in [-0.39, 0.29) is 31.1 Å². The first-order chi connectivity index (χ1) is 38.0. The Kier molecular flexibility index (Phi) is 61.8. The van der Waals surface area contributed by atoms with Gasteiger partial charge in [0.05, 0.1) is 0 Å². The fourth-order valence-corrected chi connectivity index (χ4v) is 9.18. The second-order valence-electron chi connectivity index (χ2n) is 21.6. The minimum atomic E-state index is -0.782. The molecule has 6 nitrogen and oxygen atoms in total. The van der Waals surface area contributed by atoms with Crippen molar-refractivity contribution >= 4 is 17.9 Å². The van der Waals surface area contributed by atoms with E-state index in [1.807, 2.05) is 0 Å². The number of esters is 3. The predicted octanol–water partition coefficient (Wildman–Crippen LogP) is 22.4. The van der Waals surface area contributed by atoms with Crippen LogP contribution in [0.2, 0.25) is 0 Å². The molecule has 0 fully saturated rings. The Morgan fingerprint density at radius 3 is 0.805 bits per heavy atom. The van der Waals surface area contributed by atoms with Gasteiger partial charge in [-0.05, 0) is 103 Å². The maximum absolute atomic E-state index is 12.9. The Morgan fingerprint density at radius 1 is 0.273 bits per heavy atom. The summed E-state index contributed by atoms with van der Waals surface area (Å²) in [5.41, 5.74) is 0. The van der Waals surface area contributed by atoms with Crippen LogP contribution >= 0.6 is 0 Å². The van der Waals surface area contributed by atoms with E-state index in [1.165, 1.54) is 167 Å². The molecule has 1 atom stereocenters. The Labute approximate surface area is 477 Å². The molecule has 77 heavy (non-hydrogen) atoms. The molecule has 0 aliphatic rings. The van der Waals surface area contributed by atoms with Crippen LogP contribution in [0.4, 0.5) is 0 Å². The second kappa shape index (κ2) is 64.9. The quantitative estimate of drug-likeness (QED) is 0.0261. The summed E-state index contributed by atoms with van der Waals surface area (Å²) in [7, 11) is 0. The van der Waals surface area contributed by atoms with Crippen molar-refractivity contribution in [1.29, 1.82) is 0 Å². The lowest BCUT2D eigenvalue weighted by Crippen LogP contribution is -2.30. The third kappa shape index (κ3) is 63.0. The Morgan fingerprint density at radius 2 is 0.506 bits per heavy atom. The first-order valence-electron chi connectivity index (χ1n) is 32.7. The number of rotatable bonds is 59. The summed E-state index contributed by atoms with van der Waals surface area (Å²) in [6.07, 6.45) is 87.0. The van der Waals surface area contributed by atoms with E-state index < -0.39 is 6.10 Å². The molecule has 0 aliphatic heterocycles.